The Labute approximate surface area is 382 Å². The summed E-state index contributed by atoms with van der Waals surface area (Å²) >= 11 is 0. The maximum Gasteiger partial charge on any atom is 0.338 e. The predicted octanol–water partition coefficient (Wildman–Crippen LogP) is -0.761. The van der Waals surface area contributed by atoms with Crippen LogP contribution >= 0.6 is 0 Å². The summed E-state index contributed by atoms with van der Waals surface area (Å²) in [5.74, 6) is -3.55. The van der Waals surface area contributed by atoms with Crippen LogP contribution in [0.15, 0.2) is 83.3 Å². The second kappa shape index (κ2) is 18.3. The van der Waals surface area contributed by atoms with Crippen LogP contribution < -0.4 is 39.4 Å². The zero-order chi connectivity index (χ0) is 46.6. The van der Waals surface area contributed by atoms with Crippen LogP contribution in [0.2, 0.25) is 0 Å². The van der Waals surface area contributed by atoms with E-state index in [1.54, 1.807) is 25.1 Å². The Morgan fingerprint density at radius 3 is 2.30 bits per heavy atom. The number of methoxy groups -OCH3 is 2. The number of Topliss-reactive ketones (excluding diaryl/α,β-unsaturated/α-hetero) is 1. The third-order valence-electron chi connectivity index (χ3n) is 12.2. The van der Waals surface area contributed by atoms with Crippen LogP contribution in [0.25, 0.3) is 33.4 Å². The standard InChI is InChI=1S/C27H29NO11.C21H16N2O3.ClH/c1-10-22(31)13(28)6-17(38-10)39-15-8-27(36,16(30)9-29)7-12-19(15)26(35)21-20(24(12)33)23(32)11-4-3-5-14(37-2)18(11)25(21)34;1-25-21(24)15-5-3-2-4-14(15)20-16-8-6-12(22)10-18(16)26-19-11-13(23)7-9-17(19)20;/h3-5,10,13,15,17,22,29,31,33,35-36H,6-9,28H2,1-2H3;2-11,22H,23H2,1H3;1H/t10-,13-,15-,17-,22+,27-;;/m0../s1. The first-order valence-electron chi connectivity index (χ1n) is 20.5. The summed E-state index contributed by atoms with van der Waals surface area (Å²) in [7, 11) is 2.69. The van der Waals surface area contributed by atoms with E-state index in [0.29, 0.717) is 28.0 Å². The van der Waals surface area contributed by atoms with Crippen molar-refractivity contribution in [2.24, 2.45) is 5.73 Å². The Balaban J connectivity index is 0.000000209. The molecule has 17 nitrogen and oxygen atoms in total. The number of carbonyl (C=O) groups excluding carboxylic acids is 4. The largest absolute Gasteiger partial charge is 1.00 e. The van der Waals surface area contributed by atoms with E-state index in [0.717, 1.165) is 22.1 Å². The van der Waals surface area contributed by atoms with Gasteiger partial charge in [-0.15, -0.1) is 0 Å². The van der Waals surface area contributed by atoms with Crippen molar-refractivity contribution < 1.29 is 85.9 Å². The van der Waals surface area contributed by atoms with Gasteiger partial charge in [-0.2, -0.15) is 0 Å². The third kappa shape index (κ3) is 8.04. The number of hydrogen-bond donors (Lipinski definition) is 8. The molecule has 66 heavy (non-hydrogen) atoms. The molecule has 0 aromatic heterocycles. The number of ether oxygens (including phenoxy) is 4. The zero-order valence-electron chi connectivity index (χ0n) is 35.7. The first-order valence-corrected chi connectivity index (χ1v) is 20.5. The maximum atomic E-state index is 13.6. The number of halogens is 1. The highest BCUT2D eigenvalue weighted by molar-refractivity contribution is 6.31. The average molecular weight is 924 g/mol. The number of benzene rings is 5. The molecule has 2 aliphatic heterocycles. The molecule has 1 saturated heterocycles. The molecule has 4 aromatic rings. The highest BCUT2D eigenvalue weighted by Crippen LogP contribution is 2.52. The molecule has 2 heterocycles. The van der Waals surface area contributed by atoms with E-state index in [1.165, 1.54) is 32.4 Å². The molecule has 0 radical (unpaired) electrons. The van der Waals surface area contributed by atoms with Gasteiger partial charge in [0.25, 0.3) is 0 Å². The number of fused-ring (bicyclic) bond motifs is 5. The lowest BCUT2D eigenvalue weighted by atomic mass is 9.72. The summed E-state index contributed by atoms with van der Waals surface area (Å²) in [4.78, 5) is 52.0. The first-order chi connectivity index (χ1) is 31.0. The highest BCUT2D eigenvalue weighted by atomic mass is 35.5. The van der Waals surface area contributed by atoms with Crippen LogP contribution in [0.4, 0.5) is 5.69 Å². The molecule has 0 saturated carbocycles. The van der Waals surface area contributed by atoms with Gasteiger partial charge in [-0.3, -0.25) is 19.8 Å². The summed E-state index contributed by atoms with van der Waals surface area (Å²) in [5.41, 5.74) is 12.5. The number of aromatic hydroxyl groups is 2. The second-order valence-electron chi connectivity index (χ2n) is 16.2. The molecule has 9 rings (SSSR count). The summed E-state index contributed by atoms with van der Waals surface area (Å²) in [6.45, 7) is 0.560. The minimum Gasteiger partial charge on any atom is -1.00 e. The molecule has 18 heteroatoms. The van der Waals surface area contributed by atoms with E-state index < -0.39 is 102 Å². The van der Waals surface area contributed by atoms with Crippen molar-refractivity contribution in [3.63, 3.8) is 0 Å². The van der Waals surface area contributed by atoms with Gasteiger partial charge in [0.05, 0.1) is 60.9 Å². The number of aliphatic hydroxyl groups is 3. The number of aliphatic hydroxyl groups excluding tert-OH is 2. The number of phenolic OH excluding ortho intramolecular Hbond substituents is 2. The molecule has 5 aliphatic rings. The predicted molar refractivity (Wildman–Crippen MR) is 231 cm³/mol. The van der Waals surface area contributed by atoms with E-state index in [9.17, 15) is 44.7 Å². The van der Waals surface area contributed by atoms with Gasteiger partial charge in [0.15, 0.2) is 23.2 Å². The van der Waals surface area contributed by atoms with Crippen molar-refractivity contribution in [1.82, 2.24) is 0 Å². The molecule has 3 aliphatic carbocycles. The van der Waals surface area contributed by atoms with Crippen molar-refractivity contribution in [2.45, 2.75) is 62.4 Å². The van der Waals surface area contributed by atoms with Gasteiger partial charge in [0, 0.05) is 76.3 Å². The molecule has 344 valence electrons. The van der Waals surface area contributed by atoms with Gasteiger partial charge < -0.3 is 72.8 Å². The number of anilines is 1. The molecule has 1 fully saturated rings. The number of hydrogen-bond acceptors (Lipinski definition) is 16. The van der Waals surface area contributed by atoms with Gasteiger partial charge >= 0.3 is 5.97 Å². The topological polar surface area (TPSA) is 297 Å². The maximum absolute atomic E-state index is 13.6. The Kier molecular flexibility index (Phi) is 13.1. The van der Waals surface area contributed by atoms with Crippen LogP contribution in [-0.2, 0) is 25.4 Å². The van der Waals surface area contributed by atoms with Crippen molar-refractivity contribution in [1.29, 1.82) is 0 Å². The number of phenols is 2. The number of esters is 1. The number of nitrogen functional groups attached to an aromatic ring is 1. The van der Waals surface area contributed by atoms with Crippen molar-refractivity contribution in [2.75, 3.05) is 26.6 Å². The van der Waals surface area contributed by atoms with Gasteiger partial charge in [-0.1, -0.05) is 30.3 Å². The van der Waals surface area contributed by atoms with E-state index >= 15 is 0 Å². The van der Waals surface area contributed by atoms with Crippen molar-refractivity contribution in [3.8, 4) is 39.7 Å². The van der Waals surface area contributed by atoms with Crippen LogP contribution in [0, 0.1) is 0 Å². The van der Waals surface area contributed by atoms with E-state index in [-0.39, 0.29) is 46.8 Å². The minimum atomic E-state index is -2.24. The van der Waals surface area contributed by atoms with Crippen molar-refractivity contribution in [3.05, 3.63) is 123 Å². The first kappa shape index (κ1) is 47.3. The molecule has 0 bridgehead atoms. The van der Waals surface area contributed by atoms with Crippen LogP contribution in [0.5, 0.6) is 17.2 Å². The number of carbonyl (C=O) groups is 4. The zero-order valence-corrected chi connectivity index (χ0v) is 36.5. The molecular formula is C48H46ClN3O14. The monoisotopic (exact) mass is 923 g/mol. The number of nitrogens with two attached hydrogens (primary N) is 3. The normalized spacial score (nSPS) is 22.0. The van der Waals surface area contributed by atoms with E-state index in [2.05, 4.69) is 0 Å². The van der Waals surface area contributed by atoms with Gasteiger partial charge in [0.2, 0.25) is 5.78 Å². The highest BCUT2D eigenvalue weighted by Gasteiger charge is 2.50. The summed E-state index contributed by atoms with van der Waals surface area (Å²) in [5, 5.41) is 61.1. The van der Waals surface area contributed by atoms with E-state index in [1.807, 2.05) is 42.5 Å². The second-order valence-corrected chi connectivity index (χ2v) is 16.2. The van der Waals surface area contributed by atoms with Crippen LogP contribution in [-0.4, -0.2) is 99.8 Å². The van der Waals surface area contributed by atoms with Crippen LogP contribution in [0.3, 0.4) is 0 Å². The Hall–Kier alpha value is -6.70. The van der Waals surface area contributed by atoms with Gasteiger partial charge in [-0.25, -0.2) is 4.79 Å². The van der Waals surface area contributed by atoms with Gasteiger partial charge in [-0.05, 0) is 42.8 Å². The van der Waals surface area contributed by atoms with Crippen LogP contribution in [0.1, 0.15) is 79.2 Å². The third-order valence-corrected chi connectivity index (χ3v) is 12.2. The molecule has 0 amide bonds. The summed E-state index contributed by atoms with van der Waals surface area (Å²) < 4.78 is 28.0. The molecule has 0 unspecified atom stereocenters. The van der Waals surface area contributed by atoms with Gasteiger partial charge in [0.1, 0.15) is 40.8 Å². The summed E-state index contributed by atoms with van der Waals surface area (Å²) in [6, 6.07) is 21.9. The average Bonchev–Trinajstić information content (AvgIpc) is 3.29. The molecular weight excluding hydrogens is 878 g/mol. The minimum absolute atomic E-state index is 0. The Bertz CT molecular complexity index is 2960. The molecule has 6 atom stereocenters. The SMILES string of the molecule is COC(=O)c1ccccc1-c1c2ccc(=[NH2+])cc-2oc2cc(N)ccc12.COc1cccc2c1C(=O)c1c(O)c3c(c(O)c1C2=O)C[C@@](O)(C(=O)CO)C[C@@H]3O[C@H]1C[C@H](N)[C@H](O)[C@H](C)O1.[Cl-]. The molecule has 11 N–H and O–H groups in total. The molecule has 0 spiro atoms. The summed E-state index contributed by atoms with van der Waals surface area (Å²) in [6.07, 6.45) is -5.12. The quantitative estimate of drug-likeness (QED) is 0.0422. The Morgan fingerprint density at radius 1 is 0.894 bits per heavy atom. The lowest BCUT2D eigenvalue weighted by Crippen LogP contribution is -3.00. The fourth-order valence-electron chi connectivity index (χ4n) is 8.95. The number of rotatable bonds is 7. The lowest BCUT2D eigenvalue weighted by Gasteiger charge is -2.42. The number of ketones is 3. The smallest absolute Gasteiger partial charge is 0.338 e. The molecule has 4 aromatic carbocycles. The van der Waals surface area contributed by atoms with Crippen molar-refractivity contribution >= 4 is 40.0 Å². The fourth-order valence-corrected chi connectivity index (χ4v) is 8.95. The lowest BCUT2D eigenvalue weighted by molar-refractivity contribution is -0.247. The Morgan fingerprint density at radius 2 is 1.61 bits per heavy atom. The fraction of sp³-hybridized carbons (Fsp3) is 0.271. The van der Waals surface area contributed by atoms with E-state index in [4.69, 9.17) is 40.2 Å².